The molecule has 1 saturated carbocycles. The molecular formula is C13H32. The average Bonchev–Trinajstić information content (AvgIpc) is 2.23. The zero-order chi connectivity index (χ0) is 11.3. The summed E-state index contributed by atoms with van der Waals surface area (Å²) in [5.74, 6) is 0. The molecule has 1 aliphatic carbocycles. The van der Waals surface area contributed by atoms with Gasteiger partial charge in [0.15, 0.2) is 0 Å². The summed E-state index contributed by atoms with van der Waals surface area (Å²) in [6, 6.07) is 0. The van der Waals surface area contributed by atoms with Gasteiger partial charge in [0.1, 0.15) is 0 Å². The molecule has 1 aliphatic rings. The van der Waals surface area contributed by atoms with Crippen molar-refractivity contribution in [3.8, 4) is 0 Å². The first-order valence-electron chi connectivity index (χ1n) is 6.27. The van der Waals surface area contributed by atoms with E-state index in [1.807, 2.05) is 41.5 Å². The maximum Gasteiger partial charge on any atom is -0.0328 e. The van der Waals surface area contributed by atoms with Crippen LogP contribution in [0.2, 0.25) is 0 Å². The van der Waals surface area contributed by atoms with Gasteiger partial charge in [-0.3, -0.25) is 0 Å². The Kier molecular flexibility index (Phi) is 20.9. The fourth-order valence-corrected chi connectivity index (χ4v) is 1.13. The van der Waals surface area contributed by atoms with Crippen molar-refractivity contribution in [2.75, 3.05) is 0 Å². The second-order valence-corrected chi connectivity index (χ2v) is 3.02. The summed E-state index contributed by atoms with van der Waals surface area (Å²) < 4.78 is 0. The molecule has 1 rings (SSSR count). The van der Waals surface area contributed by atoms with Gasteiger partial charge in [-0.15, -0.1) is 0 Å². The molecule has 0 N–H and O–H groups in total. The van der Waals surface area contributed by atoms with Crippen LogP contribution in [0.15, 0.2) is 0 Å². The summed E-state index contributed by atoms with van der Waals surface area (Å²) in [6.07, 6.45) is 5.81. The maximum atomic E-state index is 2.39. The zero-order valence-electron chi connectivity index (χ0n) is 11.3. The van der Waals surface area contributed by atoms with Gasteiger partial charge in [0.2, 0.25) is 0 Å². The first kappa shape index (κ1) is 18.7. The van der Waals surface area contributed by atoms with Gasteiger partial charge in [-0.2, -0.15) is 0 Å². The monoisotopic (exact) mass is 188 g/mol. The van der Waals surface area contributed by atoms with Crippen molar-refractivity contribution in [2.24, 2.45) is 5.41 Å². The van der Waals surface area contributed by atoms with Crippen molar-refractivity contribution in [2.45, 2.75) is 81.1 Å². The van der Waals surface area contributed by atoms with Crippen LogP contribution in [0.4, 0.5) is 0 Å². The summed E-state index contributed by atoms with van der Waals surface area (Å²) in [5.41, 5.74) is 0.764. The topological polar surface area (TPSA) is 0 Å². The standard InChI is InChI=1S/C7H14.3C2H6/c1-3-7(2)5-4-6-7;3*1-2/h3-6H2,1-2H3;3*1-2H3. The van der Waals surface area contributed by atoms with E-state index >= 15 is 0 Å². The van der Waals surface area contributed by atoms with E-state index in [4.69, 9.17) is 0 Å². The van der Waals surface area contributed by atoms with Crippen molar-refractivity contribution < 1.29 is 0 Å². The van der Waals surface area contributed by atoms with Gasteiger partial charge in [0.25, 0.3) is 0 Å². The van der Waals surface area contributed by atoms with Gasteiger partial charge in [0, 0.05) is 0 Å². The third kappa shape index (κ3) is 9.92. The van der Waals surface area contributed by atoms with E-state index in [9.17, 15) is 0 Å². The third-order valence-corrected chi connectivity index (χ3v) is 2.41. The minimum Gasteiger partial charge on any atom is -0.0683 e. The highest BCUT2D eigenvalue weighted by Crippen LogP contribution is 2.42. The van der Waals surface area contributed by atoms with Crippen LogP contribution in [-0.2, 0) is 0 Å². The molecule has 0 unspecified atom stereocenters. The number of rotatable bonds is 1. The Morgan fingerprint density at radius 3 is 1.15 bits per heavy atom. The van der Waals surface area contributed by atoms with Crippen LogP contribution in [0, 0.1) is 5.41 Å². The quantitative estimate of drug-likeness (QED) is 0.497. The molecule has 0 amide bonds. The molecule has 0 bridgehead atoms. The molecular weight excluding hydrogens is 156 g/mol. The normalized spacial score (nSPS) is 15.7. The predicted octanol–water partition coefficient (Wildman–Crippen LogP) is 5.67. The molecule has 0 saturated heterocycles. The number of hydrogen-bond acceptors (Lipinski definition) is 0. The van der Waals surface area contributed by atoms with Gasteiger partial charge >= 0.3 is 0 Å². The van der Waals surface area contributed by atoms with Gasteiger partial charge in [-0.25, -0.2) is 0 Å². The molecule has 1 fully saturated rings. The Labute approximate surface area is 87.1 Å². The Bertz CT molecular complexity index is 54.9. The highest BCUT2D eigenvalue weighted by Gasteiger charge is 2.28. The van der Waals surface area contributed by atoms with E-state index in [0.29, 0.717) is 0 Å². The SMILES string of the molecule is CC.CC.CC.CCC1(C)CCC1. The molecule has 0 heteroatoms. The van der Waals surface area contributed by atoms with Gasteiger partial charge in [-0.05, 0) is 18.3 Å². The lowest BCUT2D eigenvalue weighted by Gasteiger charge is -2.37. The van der Waals surface area contributed by atoms with Gasteiger partial charge in [-0.1, -0.05) is 68.2 Å². The largest absolute Gasteiger partial charge is 0.0683 e. The average molecular weight is 188 g/mol. The predicted molar refractivity (Wildman–Crippen MR) is 66.3 cm³/mol. The molecule has 0 nitrogen and oxygen atoms in total. The minimum absolute atomic E-state index is 0.764. The molecule has 0 aliphatic heterocycles. The van der Waals surface area contributed by atoms with Gasteiger partial charge < -0.3 is 0 Å². The molecule has 0 radical (unpaired) electrons. The van der Waals surface area contributed by atoms with Crippen molar-refractivity contribution in [3.05, 3.63) is 0 Å². The minimum atomic E-state index is 0.764. The Hall–Kier alpha value is 0. The smallest absolute Gasteiger partial charge is 0.0328 e. The summed E-state index contributed by atoms with van der Waals surface area (Å²) in [6.45, 7) is 16.7. The van der Waals surface area contributed by atoms with Crippen LogP contribution in [0.5, 0.6) is 0 Å². The van der Waals surface area contributed by atoms with Crippen LogP contribution < -0.4 is 0 Å². The summed E-state index contributed by atoms with van der Waals surface area (Å²) in [7, 11) is 0. The van der Waals surface area contributed by atoms with E-state index in [0.717, 1.165) is 5.41 Å². The lowest BCUT2D eigenvalue weighted by Crippen LogP contribution is -2.23. The molecule has 84 valence electrons. The van der Waals surface area contributed by atoms with Crippen molar-refractivity contribution in [1.82, 2.24) is 0 Å². The fourth-order valence-electron chi connectivity index (χ4n) is 1.13. The first-order chi connectivity index (χ1) is 6.27. The Morgan fingerprint density at radius 1 is 0.846 bits per heavy atom. The van der Waals surface area contributed by atoms with Crippen molar-refractivity contribution >= 4 is 0 Å². The Balaban J connectivity index is -0.000000144. The zero-order valence-corrected chi connectivity index (χ0v) is 11.3. The molecule has 0 aromatic carbocycles. The van der Waals surface area contributed by atoms with E-state index in [2.05, 4.69) is 13.8 Å². The second kappa shape index (κ2) is 14.5. The van der Waals surface area contributed by atoms with Crippen LogP contribution in [0.25, 0.3) is 0 Å². The fraction of sp³-hybridized carbons (Fsp3) is 1.00. The van der Waals surface area contributed by atoms with Crippen LogP contribution >= 0.6 is 0 Å². The Morgan fingerprint density at radius 2 is 1.15 bits per heavy atom. The molecule has 0 aromatic rings. The van der Waals surface area contributed by atoms with Crippen LogP contribution in [-0.4, -0.2) is 0 Å². The molecule has 0 atom stereocenters. The molecule has 0 spiro atoms. The van der Waals surface area contributed by atoms with E-state index < -0.39 is 0 Å². The van der Waals surface area contributed by atoms with E-state index in [-0.39, 0.29) is 0 Å². The number of hydrogen-bond donors (Lipinski definition) is 0. The van der Waals surface area contributed by atoms with E-state index in [1.54, 1.807) is 0 Å². The molecule has 0 aromatic heterocycles. The summed E-state index contributed by atoms with van der Waals surface area (Å²) in [4.78, 5) is 0. The van der Waals surface area contributed by atoms with Crippen molar-refractivity contribution in [3.63, 3.8) is 0 Å². The first-order valence-corrected chi connectivity index (χ1v) is 6.27. The van der Waals surface area contributed by atoms with E-state index in [1.165, 1.54) is 25.7 Å². The van der Waals surface area contributed by atoms with Crippen LogP contribution in [0.3, 0.4) is 0 Å². The second-order valence-electron chi connectivity index (χ2n) is 3.02. The maximum absolute atomic E-state index is 2.39. The lowest BCUT2D eigenvalue weighted by atomic mass is 9.69. The molecule has 0 heterocycles. The highest BCUT2D eigenvalue weighted by atomic mass is 14.3. The molecule has 13 heavy (non-hydrogen) atoms. The van der Waals surface area contributed by atoms with Gasteiger partial charge in [0.05, 0.1) is 0 Å². The summed E-state index contributed by atoms with van der Waals surface area (Å²) in [5, 5.41) is 0. The van der Waals surface area contributed by atoms with Crippen molar-refractivity contribution in [1.29, 1.82) is 0 Å². The summed E-state index contributed by atoms with van der Waals surface area (Å²) >= 11 is 0. The highest BCUT2D eigenvalue weighted by molar-refractivity contribution is 4.81. The lowest BCUT2D eigenvalue weighted by molar-refractivity contribution is 0.155. The van der Waals surface area contributed by atoms with Crippen LogP contribution in [0.1, 0.15) is 81.1 Å². The third-order valence-electron chi connectivity index (χ3n) is 2.41.